The van der Waals surface area contributed by atoms with Gasteiger partial charge in [0.15, 0.2) is 0 Å². The van der Waals surface area contributed by atoms with Crippen molar-refractivity contribution in [3.8, 4) is 0 Å². The molecule has 1 aromatic carbocycles. The lowest BCUT2D eigenvalue weighted by Crippen LogP contribution is -2.37. The van der Waals surface area contributed by atoms with Crippen LogP contribution < -0.4 is 0 Å². The van der Waals surface area contributed by atoms with Crippen LogP contribution in [0.25, 0.3) is 0 Å². The third-order valence-corrected chi connectivity index (χ3v) is 4.98. The highest BCUT2D eigenvalue weighted by molar-refractivity contribution is 7.89. The van der Waals surface area contributed by atoms with Crippen LogP contribution in [-0.4, -0.2) is 25.1 Å². The molecule has 18 heavy (non-hydrogen) atoms. The monoisotopic (exact) mass is 266 g/mol. The lowest BCUT2D eigenvalue weighted by Gasteiger charge is -2.27. The van der Waals surface area contributed by atoms with Gasteiger partial charge in [0.2, 0.25) is 0 Å². The normalized spacial score (nSPS) is 17.3. The maximum Gasteiger partial charge on any atom is 0.267 e. The fourth-order valence-electron chi connectivity index (χ4n) is 1.91. The number of sulfonamides is 1. The zero-order valence-electron chi connectivity index (χ0n) is 11.1. The van der Waals surface area contributed by atoms with E-state index >= 15 is 0 Å². The summed E-state index contributed by atoms with van der Waals surface area (Å²) in [5.74, 6) is 0.295. The first kappa shape index (κ1) is 13.1. The summed E-state index contributed by atoms with van der Waals surface area (Å²) in [5, 5.41) is 0. The average molecular weight is 266 g/mol. The molecule has 1 heterocycles. The number of rotatable bonds is 2. The van der Waals surface area contributed by atoms with Crippen molar-refractivity contribution in [1.82, 2.24) is 4.31 Å². The minimum absolute atomic E-state index is 0.130. The van der Waals surface area contributed by atoms with Crippen LogP contribution in [0.1, 0.15) is 39.2 Å². The SMILES string of the molecule is CC(C)c1ccc2c(c1)S(=O)(=O)N(C(C)C)C=N2. The zero-order valence-corrected chi connectivity index (χ0v) is 11.9. The van der Waals surface area contributed by atoms with Crippen molar-refractivity contribution in [1.29, 1.82) is 0 Å². The highest BCUT2D eigenvalue weighted by atomic mass is 32.2. The Hall–Kier alpha value is -1.36. The van der Waals surface area contributed by atoms with Crippen LogP contribution in [0, 0.1) is 0 Å². The molecule has 0 amide bonds. The molecule has 0 saturated carbocycles. The fourth-order valence-corrected chi connectivity index (χ4v) is 3.53. The van der Waals surface area contributed by atoms with E-state index in [1.807, 2.05) is 33.8 Å². The van der Waals surface area contributed by atoms with E-state index in [0.29, 0.717) is 16.5 Å². The summed E-state index contributed by atoms with van der Waals surface area (Å²) in [6.45, 7) is 7.75. The van der Waals surface area contributed by atoms with Crippen molar-refractivity contribution in [3.05, 3.63) is 23.8 Å². The molecule has 4 nitrogen and oxygen atoms in total. The molecule has 1 aliphatic rings. The molecule has 0 N–H and O–H groups in total. The second-order valence-corrected chi connectivity index (χ2v) is 6.87. The molecule has 98 valence electrons. The van der Waals surface area contributed by atoms with Gasteiger partial charge in [0.1, 0.15) is 11.2 Å². The minimum Gasteiger partial charge on any atom is -0.254 e. The highest BCUT2D eigenvalue weighted by Gasteiger charge is 2.30. The molecule has 1 aliphatic heterocycles. The maximum atomic E-state index is 12.5. The number of fused-ring (bicyclic) bond motifs is 1. The van der Waals surface area contributed by atoms with Crippen LogP contribution in [-0.2, 0) is 10.0 Å². The van der Waals surface area contributed by atoms with Crippen molar-refractivity contribution in [2.45, 2.75) is 44.6 Å². The Kier molecular flexibility index (Phi) is 3.19. The average Bonchev–Trinajstić information content (AvgIpc) is 2.27. The van der Waals surface area contributed by atoms with E-state index in [9.17, 15) is 8.42 Å². The molecular weight excluding hydrogens is 248 g/mol. The first-order valence-corrected chi connectivity index (χ1v) is 7.49. The van der Waals surface area contributed by atoms with E-state index in [0.717, 1.165) is 5.56 Å². The molecule has 0 radical (unpaired) electrons. The van der Waals surface area contributed by atoms with E-state index < -0.39 is 10.0 Å². The van der Waals surface area contributed by atoms with Crippen LogP contribution in [0.5, 0.6) is 0 Å². The van der Waals surface area contributed by atoms with Crippen LogP contribution in [0.2, 0.25) is 0 Å². The summed E-state index contributed by atoms with van der Waals surface area (Å²) in [7, 11) is -3.45. The van der Waals surface area contributed by atoms with Gasteiger partial charge < -0.3 is 0 Å². The third-order valence-electron chi connectivity index (χ3n) is 3.03. The maximum absolute atomic E-state index is 12.5. The van der Waals surface area contributed by atoms with Gasteiger partial charge in [-0.25, -0.2) is 13.4 Å². The Morgan fingerprint density at radius 1 is 1.17 bits per heavy atom. The first-order chi connectivity index (χ1) is 8.34. The summed E-state index contributed by atoms with van der Waals surface area (Å²) >= 11 is 0. The van der Waals surface area contributed by atoms with Gasteiger partial charge >= 0.3 is 0 Å². The van der Waals surface area contributed by atoms with E-state index in [4.69, 9.17) is 0 Å². The molecule has 0 atom stereocenters. The molecular formula is C13H18N2O2S. The number of nitrogens with zero attached hydrogens (tertiary/aromatic N) is 2. The predicted molar refractivity (Wildman–Crippen MR) is 72.8 cm³/mol. The quantitative estimate of drug-likeness (QED) is 0.826. The van der Waals surface area contributed by atoms with Crippen molar-refractivity contribution in [2.75, 3.05) is 0 Å². The van der Waals surface area contributed by atoms with Crippen molar-refractivity contribution in [2.24, 2.45) is 4.99 Å². The van der Waals surface area contributed by atoms with Crippen molar-refractivity contribution < 1.29 is 8.42 Å². The minimum atomic E-state index is -3.45. The van der Waals surface area contributed by atoms with Crippen LogP contribution >= 0.6 is 0 Å². The molecule has 0 saturated heterocycles. The Morgan fingerprint density at radius 2 is 1.83 bits per heavy atom. The van der Waals surface area contributed by atoms with Gasteiger partial charge in [-0.15, -0.1) is 0 Å². The third kappa shape index (κ3) is 2.03. The van der Waals surface area contributed by atoms with E-state index in [1.165, 1.54) is 10.6 Å². The Balaban J connectivity index is 2.61. The number of hydrogen-bond acceptors (Lipinski definition) is 3. The van der Waals surface area contributed by atoms with E-state index in [1.54, 1.807) is 12.1 Å². The Morgan fingerprint density at radius 3 is 2.39 bits per heavy atom. The summed E-state index contributed by atoms with van der Waals surface area (Å²) < 4.78 is 26.2. The Labute approximate surface area is 108 Å². The van der Waals surface area contributed by atoms with Crippen molar-refractivity contribution in [3.63, 3.8) is 0 Å². The Bertz CT molecular complexity index is 589. The number of benzene rings is 1. The standard InChI is InChI=1S/C13H18N2O2S/c1-9(2)11-5-6-12-13(7-11)18(16,17)15(8-14-12)10(3)4/h5-10H,1-4H3. The molecule has 2 rings (SSSR count). The molecule has 0 aromatic heterocycles. The van der Waals surface area contributed by atoms with E-state index in [2.05, 4.69) is 4.99 Å². The summed E-state index contributed by atoms with van der Waals surface area (Å²) in [6, 6.07) is 5.31. The van der Waals surface area contributed by atoms with Crippen LogP contribution in [0.3, 0.4) is 0 Å². The van der Waals surface area contributed by atoms with Crippen LogP contribution in [0.15, 0.2) is 28.1 Å². The highest BCUT2D eigenvalue weighted by Crippen LogP contribution is 2.33. The number of aliphatic imine (C=N–C) groups is 1. The molecule has 0 unspecified atom stereocenters. The van der Waals surface area contributed by atoms with Gasteiger partial charge in [-0.1, -0.05) is 19.9 Å². The number of hydrogen-bond donors (Lipinski definition) is 0. The smallest absolute Gasteiger partial charge is 0.254 e. The largest absolute Gasteiger partial charge is 0.267 e. The second-order valence-electron chi connectivity index (χ2n) is 5.06. The molecule has 0 bridgehead atoms. The molecule has 0 spiro atoms. The predicted octanol–water partition coefficient (Wildman–Crippen LogP) is 2.88. The molecule has 5 heteroatoms. The summed E-state index contributed by atoms with van der Waals surface area (Å²) in [4.78, 5) is 4.52. The van der Waals surface area contributed by atoms with Crippen molar-refractivity contribution >= 4 is 22.0 Å². The summed E-state index contributed by atoms with van der Waals surface area (Å²) in [6.07, 6.45) is 1.40. The van der Waals surface area contributed by atoms with Gasteiger partial charge in [0.05, 0.1) is 5.69 Å². The van der Waals surface area contributed by atoms with Gasteiger partial charge in [0, 0.05) is 6.04 Å². The van der Waals surface area contributed by atoms with Gasteiger partial charge in [0.25, 0.3) is 10.0 Å². The molecule has 1 aromatic rings. The summed E-state index contributed by atoms with van der Waals surface area (Å²) in [5.41, 5.74) is 1.54. The lowest BCUT2D eigenvalue weighted by molar-refractivity contribution is 0.476. The van der Waals surface area contributed by atoms with E-state index in [-0.39, 0.29) is 6.04 Å². The molecule has 0 aliphatic carbocycles. The zero-order chi connectivity index (χ0) is 13.5. The first-order valence-electron chi connectivity index (χ1n) is 6.05. The van der Waals surface area contributed by atoms with Gasteiger partial charge in [-0.05, 0) is 37.5 Å². The molecule has 0 fully saturated rings. The lowest BCUT2D eigenvalue weighted by atomic mass is 10.0. The topological polar surface area (TPSA) is 49.7 Å². The van der Waals surface area contributed by atoms with Gasteiger partial charge in [-0.3, -0.25) is 4.31 Å². The van der Waals surface area contributed by atoms with Crippen LogP contribution in [0.4, 0.5) is 5.69 Å². The van der Waals surface area contributed by atoms with Gasteiger partial charge in [-0.2, -0.15) is 0 Å². The fraction of sp³-hybridized carbons (Fsp3) is 0.462. The second kappa shape index (κ2) is 4.39.